The third kappa shape index (κ3) is 9.14. The summed E-state index contributed by atoms with van der Waals surface area (Å²) in [6.07, 6.45) is -3.25. The summed E-state index contributed by atoms with van der Waals surface area (Å²) < 4.78 is 34.8. The summed E-state index contributed by atoms with van der Waals surface area (Å²) in [4.78, 5) is 51.0. The van der Waals surface area contributed by atoms with Crippen molar-refractivity contribution in [1.29, 1.82) is 0 Å². The lowest BCUT2D eigenvalue weighted by Gasteiger charge is -2.39. The van der Waals surface area contributed by atoms with Crippen LogP contribution in [0.25, 0.3) is 0 Å². The Morgan fingerprint density at radius 3 is 2.29 bits per heavy atom. The molecule has 234 valence electrons. The fourth-order valence-corrected chi connectivity index (χ4v) is 5.58. The Balaban J connectivity index is 2.09. The van der Waals surface area contributed by atoms with Crippen molar-refractivity contribution in [1.82, 2.24) is 10.6 Å². The van der Waals surface area contributed by atoms with E-state index in [1.54, 1.807) is 34.6 Å². The van der Waals surface area contributed by atoms with Crippen LogP contribution in [0, 0.1) is 11.8 Å². The van der Waals surface area contributed by atoms with Crippen LogP contribution in [0.15, 0.2) is 30.3 Å². The second-order valence-corrected chi connectivity index (χ2v) is 12.1. The van der Waals surface area contributed by atoms with Crippen LogP contribution in [0.5, 0.6) is 0 Å². The number of hydrogen-bond donors (Lipinski definition) is 2. The van der Waals surface area contributed by atoms with Crippen LogP contribution in [0.3, 0.4) is 0 Å². The fourth-order valence-electron chi connectivity index (χ4n) is 5.58. The van der Waals surface area contributed by atoms with E-state index in [2.05, 4.69) is 10.6 Å². The molecular weight excluding hydrogens is 548 g/mol. The number of nitrogens with one attached hydrogen (secondary N) is 2. The van der Waals surface area contributed by atoms with Gasteiger partial charge in [0.2, 0.25) is 5.91 Å². The third-order valence-corrected chi connectivity index (χ3v) is 7.08. The molecule has 0 spiro atoms. The number of esters is 2. The molecule has 7 atom stereocenters. The molecule has 1 aliphatic heterocycles. The van der Waals surface area contributed by atoms with Gasteiger partial charge < -0.3 is 39.1 Å². The van der Waals surface area contributed by atoms with Crippen molar-refractivity contribution < 1.29 is 47.6 Å². The van der Waals surface area contributed by atoms with Crippen molar-refractivity contribution in [2.75, 3.05) is 13.7 Å². The molecule has 2 N–H and O–H groups in total. The Labute approximate surface area is 247 Å². The standard InChI is InChI=1S/C30H44N2O10/c1-17(33)31-24(26(22-16-39-30(6,7)41-22)38-15-19-12-10-9-11-13-19)23-21(32-28(36)42-29(3,4)5)14-20(27(35)37-8)25(23)40-18(2)34/h9-13,20-26H,14-16H2,1-8H3,(H,31,33)(H,32,36)/t20-,21+,22+,23+,24+,25+,26+/m0/s1. The predicted octanol–water partition coefficient (Wildman–Crippen LogP) is 2.86. The summed E-state index contributed by atoms with van der Waals surface area (Å²) in [5.41, 5.74) is 0.0786. The third-order valence-electron chi connectivity index (χ3n) is 7.08. The van der Waals surface area contributed by atoms with Crippen LogP contribution in [0.1, 0.15) is 60.5 Å². The van der Waals surface area contributed by atoms with E-state index in [0.717, 1.165) is 5.56 Å². The average molecular weight is 593 g/mol. The van der Waals surface area contributed by atoms with Crippen molar-refractivity contribution in [3.8, 4) is 0 Å². The highest BCUT2D eigenvalue weighted by molar-refractivity contribution is 5.76. The van der Waals surface area contributed by atoms with Crippen LogP contribution in [-0.4, -0.2) is 79.4 Å². The molecule has 42 heavy (non-hydrogen) atoms. The van der Waals surface area contributed by atoms with E-state index in [-0.39, 0.29) is 19.6 Å². The minimum absolute atomic E-state index is 0.0591. The molecule has 3 rings (SSSR count). The van der Waals surface area contributed by atoms with Crippen molar-refractivity contribution in [2.24, 2.45) is 11.8 Å². The Morgan fingerprint density at radius 1 is 1.10 bits per heavy atom. The normalized spacial score (nSPS) is 26.5. The number of rotatable bonds is 10. The molecule has 12 nitrogen and oxygen atoms in total. The lowest BCUT2D eigenvalue weighted by Crippen LogP contribution is -2.60. The van der Waals surface area contributed by atoms with Gasteiger partial charge in [-0.05, 0) is 46.6 Å². The van der Waals surface area contributed by atoms with Gasteiger partial charge >= 0.3 is 18.0 Å². The number of carbonyl (C=O) groups excluding carboxylic acids is 4. The van der Waals surface area contributed by atoms with Gasteiger partial charge in [-0.1, -0.05) is 30.3 Å². The number of amides is 2. The maximum atomic E-state index is 13.0. The number of methoxy groups -OCH3 is 1. The van der Waals surface area contributed by atoms with Crippen molar-refractivity contribution >= 4 is 23.9 Å². The molecule has 1 heterocycles. The van der Waals surface area contributed by atoms with Gasteiger partial charge in [-0.3, -0.25) is 14.4 Å². The quantitative estimate of drug-likeness (QED) is 0.307. The zero-order chi connectivity index (χ0) is 31.2. The van der Waals surface area contributed by atoms with Crippen LogP contribution in [-0.2, 0) is 49.4 Å². The van der Waals surface area contributed by atoms with E-state index in [4.69, 9.17) is 28.4 Å². The highest BCUT2D eigenvalue weighted by Crippen LogP contribution is 2.41. The molecule has 1 aromatic rings. The van der Waals surface area contributed by atoms with Gasteiger partial charge in [0, 0.05) is 25.8 Å². The van der Waals surface area contributed by atoms with E-state index in [9.17, 15) is 19.2 Å². The zero-order valence-electron chi connectivity index (χ0n) is 25.6. The van der Waals surface area contributed by atoms with Crippen LogP contribution < -0.4 is 10.6 Å². The van der Waals surface area contributed by atoms with E-state index in [0.29, 0.717) is 0 Å². The van der Waals surface area contributed by atoms with Gasteiger partial charge in [-0.25, -0.2) is 4.79 Å². The molecule has 2 aliphatic rings. The second kappa shape index (κ2) is 13.8. The van der Waals surface area contributed by atoms with Gasteiger partial charge in [0.1, 0.15) is 23.9 Å². The van der Waals surface area contributed by atoms with Gasteiger partial charge in [0.15, 0.2) is 5.79 Å². The average Bonchev–Trinajstić information content (AvgIpc) is 3.40. The Hall–Kier alpha value is -3.22. The molecule has 2 fully saturated rings. The van der Waals surface area contributed by atoms with E-state index < -0.39 is 77.6 Å². The summed E-state index contributed by atoms with van der Waals surface area (Å²) in [6.45, 7) is 11.6. The zero-order valence-corrected chi connectivity index (χ0v) is 25.6. The topological polar surface area (TPSA) is 148 Å². The van der Waals surface area contributed by atoms with Crippen molar-refractivity contribution in [3.63, 3.8) is 0 Å². The fraction of sp³-hybridized carbons (Fsp3) is 0.667. The molecule has 1 aliphatic carbocycles. The first-order chi connectivity index (χ1) is 19.6. The van der Waals surface area contributed by atoms with E-state index >= 15 is 0 Å². The molecule has 2 amide bonds. The molecule has 1 saturated heterocycles. The maximum Gasteiger partial charge on any atom is 0.407 e. The summed E-state index contributed by atoms with van der Waals surface area (Å²) in [7, 11) is 1.24. The first kappa shape index (κ1) is 33.3. The lowest BCUT2D eigenvalue weighted by molar-refractivity contribution is -0.170. The monoisotopic (exact) mass is 592 g/mol. The predicted molar refractivity (Wildman–Crippen MR) is 150 cm³/mol. The molecule has 0 aromatic heterocycles. The summed E-state index contributed by atoms with van der Waals surface area (Å²) in [6, 6.07) is 7.75. The summed E-state index contributed by atoms with van der Waals surface area (Å²) in [5.74, 6) is -4.36. The Morgan fingerprint density at radius 2 is 1.76 bits per heavy atom. The summed E-state index contributed by atoms with van der Waals surface area (Å²) in [5, 5.41) is 5.81. The Kier molecular flexibility index (Phi) is 11.0. The van der Waals surface area contributed by atoms with Gasteiger partial charge in [0.25, 0.3) is 0 Å². The summed E-state index contributed by atoms with van der Waals surface area (Å²) >= 11 is 0. The van der Waals surface area contributed by atoms with Crippen LogP contribution in [0.2, 0.25) is 0 Å². The number of benzene rings is 1. The first-order valence-electron chi connectivity index (χ1n) is 14.1. The van der Waals surface area contributed by atoms with Crippen molar-refractivity contribution in [3.05, 3.63) is 35.9 Å². The maximum absolute atomic E-state index is 13.0. The number of alkyl carbamates (subject to hydrolysis) is 1. The largest absolute Gasteiger partial charge is 0.469 e. The molecule has 0 bridgehead atoms. The first-order valence-corrected chi connectivity index (χ1v) is 14.1. The molecule has 1 saturated carbocycles. The molecule has 1 aromatic carbocycles. The molecular formula is C30H44N2O10. The smallest absolute Gasteiger partial charge is 0.407 e. The lowest BCUT2D eigenvalue weighted by atomic mass is 9.85. The van der Waals surface area contributed by atoms with Gasteiger partial charge in [-0.15, -0.1) is 0 Å². The molecule has 12 heteroatoms. The van der Waals surface area contributed by atoms with Crippen molar-refractivity contribution in [2.45, 2.75) is 103 Å². The van der Waals surface area contributed by atoms with Crippen LogP contribution in [0.4, 0.5) is 4.79 Å². The highest BCUT2D eigenvalue weighted by atomic mass is 16.7. The van der Waals surface area contributed by atoms with Gasteiger partial charge in [0.05, 0.1) is 32.3 Å². The minimum atomic E-state index is -1.08. The van der Waals surface area contributed by atoms with Gasteiger partial charge in [-0.2, -0.15) is 0 Å². The number of carbonyl (C=O) groups is 4. The highest BCUT2D eigenvalue weighted by Gasteiger charge is 2.56. The number of hydrogen-bond acceptors (Lipinski definition) is 10. The SMILES string of the molecule is COC(=O)[C@H]1C[C@@H](NC(=O)OC(C)(C)C)[C@H]([C@@H](NC(C)=O)[C@H](OCc2ccccc2)[C@H]2COC(C)(C)O2)[C@@H]1OC(C)=O. The molecule has 0 unspecified atom stereocenters. The second-order valence-electron chi connectivity index (χ2n) is 12.1. The van der Waals surface area contributed by atoms with Crippen LogP contribution >= 0.6 is 0 Å². The molecule has 0 radical (unpaired) electrons. The Bertz CT molecular complexity index is 1100. The minimum Gasteiger partial charge on any atom is -0.469 e. The van der Waals surface area contributed by atoms with E-state index in [1.165, 1.54) is 21.0 Å². The number of ether oxygens (including phenoxy) is 6. The van der Waals surface area contributed by atoms with E-state index in [1.807, 2.05) is 30.3 Å².